The number of ether oxygens (including phenoxy) is 2. The fraction of sp³-hybridized carbons (Fsp3) is 0.136. The summed E-state index contributed by atoms with van der Waals surface area (Å²) < 4.78 is 10.5. The second-order valence-corrected chi connectivity index (χ2v) is 5.97. The second kappa shape index (κ2) is 8.76. The maximum atomic E-state index is 12.4. The lowest BCUT2D eigenvalue weighted by Crippen LogP contribution is -2.29. The number of alkyl carbamates (subject to hydrolysis) is 1. The van der Waals surface area contributed by atoms with Crippen molar-refractivity contribution in [3.8, 4) is 11.5 Å². The lowest BCUT2D eigenvalue weighted by Gasteiger charge is -2.21. The van der Waals surface area contributed by atoms with E-state index in [1.165, 1.54) is 13.2 Å². The Morgan fingerprint density at radius 2 is 1.67 bits per heavy atom. The van der Waals surface area contributed by atoms with E-state index in [9.17, 15) is 9.90 Å². The summed E-state index contributed by atoms with van der Waals surface area (Å²) in [7, 11) is 1.53. The van der Waals surface area contributed by atoms with Crippen LogP contribution in [-0.2, 0) is 11.3 Å². The van der Waals surface area contributed by atoms with Crippen molar-refractivity contribution in [2.45, 2.75) is 12.6 Å². The van der Waals surface area contributed by atoms with Gasteiger partial charge in [0, 0.05) is 11.6 Å². The van der Waals surface area contributed by atoms with Crippen LogP contribution in [0.2, 0.25) is 0 Å². The summed E-state index contributed by atoms with van der Waals surface area (Å²) in [5, 5.41) is 13.2. The van der Waals surface area contributed by atoms with Crippen molar-refractivity contribution in [1.29, 1.82) is 0 Å². The van der Waals surface area contributed by atoms with Crippen LogP contribution in [0.25, 0.3) is 0 Å². The number of hydrogen-bond donors (Lipinski definition) is 2. The first-order chi connectivity index (χ1) is 13.2. The number of methoxy groups -OCH3 is 1. The Morgan fingerprint density at radius 1 is 1.00 bits per heavy atom. The Hall–Kier alpha value is -3.47. The Labute approximate surface area is 158 Å². The Kier molecular flexibility index (Phi) is 5.94. The molecule has 3 rings (SSSR count). The number of phenolic OH excluding ortho intramolecular Hbond substituents is 1. The van der Waals surface area contributed by atoms with Gasteiger partial charge in [0.25, 0.3) is 0 Å². The van der Waals surface area contributed by atoms with Crippen LogP contribution in [0.5, 0.6) is 11.5 Å². The van der Waals surface area contributed by atoms with Gasteiger partial charge in [-0.05, 0) is 23.3 Å². The average molecular weight is 363 g/mol. The molecule has 3 aromatic rings. The second-order valence-electron chi connectivity index (χ2n) is 5.97. The summed E-state index contributed by atoms with van der Waals surface area (Å²) in [6, 6.07) is 23.3. The van der Waals surface area contributed by atoms with Gasteiger partial charge >= 0.3 is 6.09 Å². The minimum atomic E-state index is -0.567. The standard InChI is InChI=1S/C22H21NO4/c1-26-18-12-13-19(20(24)14-18)21(17-10-6-3-7-11-17)23-22(25)27-15-16-8-4-2-5-9-16/h2-14,21,24H,15H2,1H3,(H,23,25)/t21-/m1/s1. The molecule has 0 unspecified atom stereocenters. The normalized spacial score (nSPS) is 11.4. The predicted molar refractivity (Wildman–Crippen MR) is 103 cm³/mol. The zero-order valence-corrected chi connectivity index (χ0v) is 15.0. The monoisotopic (exact) mass is 363 g/mol. The van der Waals surface area contributed by atoms with Gasteiger partial charge < -0.3 is 19.9 Å². The van der Waals surface area contributed by atoms with Crippen molar-refractivity contribution in [3.05, 3.63) is 95.6 Å². The molecule has 2 N–H and O–H groups in total. The van der Waals surface area contributed by atoms with Crippen LogP contribution >= 0.6 is 0 Å². The van der Waals surface area contributed by atoms with Gasteiger partial charge in [-0.2, -0.15) is 0 Å². The molecule has 0 fully saturated rings. The molecule has 0 aliphatic heterocycles. The number of hydrogen-bond acceptors (Lipinski definition) is 4. The van der Waals surface area contributed by atoms with Gasteiger partial charge in [0.1, 0.15) is 18.1 Å². The highest BCUT2D eigenvalue weighted by Gasteiger charge is 2.21. The molecular formula is C22H21NO4. The van der Waals surface area contributed by atoms with E-state index < -0.39 is 12.1 Å². The molecule has 1 atom stereocenters. The molecule has 5 nitrogen and oxygen atoms in total. The molecule has 0 bridgehead atoms. The molecule has 0 spiro atoms. The molecule has 0 aliphatic carbocycles. The highest BCUT2D eigenvalue weighted by Crippen LogP contribution is 2.32. The van der Waals surface area contributed by atoms with E-state index in [0.29, 0.717) is 11.3 Å². The van der Waals surface area contributed by atoms with Crippen molar-refractivity contribution in [2.75, 3.05) is 7.11 Å². The summed E-state index contributed by atoms with van der Waals surface area (Å²) in [6.45, 7) is 0.169. The van der Waals surface area contributed by atoms with Gasteiger partial charge in [0.15, 0.2) is 0 Å². The van der Waals surface area contributed by atoms with E-state index in [4.69, 9.17) is 9.47 Å². The number of phenols is 1. The van der Waals surface area contributed by atoms with Crippen LogP contribution in [0.15, 0.2) is 78.9 Å². The highest BCUT2D eigenvalue weighted by atomic mass is 16.5. The smallest absolute Gasteiger partial charge is 0.408 e. The summed E-state index contributed by atoms with van der Waals surface area (Å²) in [4.78, 5) is 12.4. The minimum absolute atomic E-state index is 0.0339. The lowest BCUT2D eigenvalue weighted by atomic mass is 9.98. The van der Waals surface area contributed by atoms with Crippen molar-refractivity contribution >= 4 is 6.09 Å². The number of nitrogens with one attached hydrogen (secondary N) is 1. The number of carbonyl (C=O) groups excluding carboxylic acids is 1. The lowest BCUT2D eigenvalue weighted by molar-refractivity contribution is 0.137. The van der Waals surface area contributed by atoms with E-state index in [1.807, 2.05) is 60.7 Å². The third-order valence-corrected chi connectivity index (χ3v) is 4.16. The summed E-state index contributed by atoms with van der Waals surface area (Å²) >= 11 is 0. The fourth-order valence-corrected chi connectivity index (χ4v) is 2.76. The van der Waals surface area contributed by atoms with E-state index in [-0.39, 0.29) is 12.4 Å². The molecule has 0 radical (unpaired) electrons. The van der Waals surface area contributed by atoms with Crippen molar-refractivity contribution in [1.82, 2.24) is 5.32 Å². The number of rotatable bonds is 6. The van der Waals surface area contributed by atoms with Crippen LogP contribution in [-0.4, -0.2) is 18.3 Å². The topological polar surface area (TPSA) is 67.8 Å². The SMILES string of the molecule is COc1ccc([C@H](NC(=O)OCc2ccccc2)c2ccccc2)c(O)c1. The number of carbonyl (C=O) groups is 1. The Balaban J connectivity index is 1.79. The first-order valence-corrected chi connectivity index (χ1v) is 8.56. The predicted octanol–water partition coefficient (Wildman–Crippen LogP) is 4.42. The van der Waals surface area contributed by atoms with Gasteiger partial charge in [0.05, 0.1) is 13.2 Å². The van der Waals surface area contributed by atoms with Crippen molar-refractivity contribution < 1.29 is 19.4 Å². The quantitative estimate of drug-likeness (QED) is 0.680. The number of amides is 1. The third kappa shape index (κ3) is 4.79. The maximum Gasteiger partial charge on any atom is 0.408 e. The first-order valence-electron chi connectivity index (χ1n) is 8.56. The van der Waals surface area contributed by atoms with Crippen molar-refractivity contribution in [3.63, 3.8) is 0 Å². The Bertz CT molecular complexity index is 881. The summed E-state index contributed by atoms with van der Waals surface area (Å²) in [5.41, 5.74) is 2.28. The number of benzene rings is 3. The molecule has 5 heteroatoms. The molecule has 0 aromatic heterocycles. The third-order valence-electron chi connectivity index (χ3n) is 4.16. The molecule has 138 valence electrons. The first kappa shape index (κ1) is 18.3. The van der Waals surface area contributed by atoms with Gasteiger partial charge in [-0.3, -0.25) is 0 Å². The maximum absolute atomic E-state index is 12.4. The number of aromatic hydroxyl groups is 1. The molecule has 0 saturated heterocycles. The van der Waals surface area contributed by atoms with E-state index in [1.54, 1.807) is 12.1 Å². The van der Waals surface area contributed by atoms with Gasteiger partial charge in [-0.15, -0.1) is 0 Å². The van der Waals surface area contributed by atoms with Crippen LogP contribution in [0.4, 0.5) is 4.79 Å². The minimum Gasteiger partial charge on any atom is -0.507 e. The van der Waals surface area contributed by atoms with E-state index in [2.05, 4.69) is 5.32 Å². The van der Waals surface area contributed by atoms with Gasteiger partial charge in [-0.1, -0.05) is 60.7 Å². The molecule has 3 aromatic carbocycles. The molecule has 1 amide bonds. The zero-order valence-electron chi connectivity index (χ0n) is 15.0. The van der Waals surface area contributed by atoms with E-state index >= 15 is 0 Å². The van der Waals surface area contributed by atoms with Crippen LogP contribution in [0, 0.1) is 0 Å². The Morgan fingerprint density at radius 3 is 2.30 bits per heavy atom. The van der Waals surface area contributed by atoms with Gasteiger partial charge in [0.2, 0.25) is 0 Å². The summed E-state index contributed by atoms with van der Waals surface area (Å²) in [6.07, 6.45) is -0.567. The fourth-order valence-electron chi connectivity index (χ4n) is 2.76. The largest absolute Gasteiger partial charge is 0.507 e. The highest BCUT2D eigenvalue weighted by molar-refractivity contribution is 5.69. The van der Waals surface area contributed by atoms with Crippen LogP contribution in [0.1, 0.15) is 22.7 Å². The van der Waals surface area contributed by atoms with Crippen molar-refractivity contribution in [2.24, 2.45) is 0 Å². The summed E-state index contributed by atoms with van der Waals surface area (Å²) in [5.74, 6) is 0.571. The van der Waals surface area contributed by atoms with Crippen LogP contribution < -0.4 is 10.1 Å². The van der Waals surface area contributed by atoms with E-state index in [0.717, 1.165) is 11.1 Å². The van der Waals surface area contributed by atoms with Crippen LogP contribution in [0.3, 0.4) is 0 Å². The average Bonchev–Trinajstić information content (AvgIpc) is 2.72. The molecule has 0 heterocycles. The molecule has 0 saturated carbocycles. The zero-order chi connectivity index (χ0) is 19.1. The molecular weight excluding hydrogens is 342 g/mol. The molecule has 27 heavy (non-hydrogen) atoms. The molecule has 0 aliphatic rings. The van der Waals surface area contributed by atoms with Gasteiger partial charge in [-0.25, -0.2) is 4.79 Å².